The Labute approximate surface area is 141 Å². The monoisotopic (exact) mass is 564 g/mol. The standard InChI is InChI=1S/C13H20N2.2HI.Pd/c1-11(2)15-9-4-6-12(10-15)13-7-5-8-14(13)3;;;/h4,9-11,13H,5,7-8H2,1-3H3;2*1H;/q;;;+2/p-2/t13-;;;/m0.../s1. The van der Waals surface area contributed by atoms with Gasteiger partial charge in [-0.2, -0.15) is 0 Å². The van der Waals surface area contributed by atoms with E-state index >= 15 is 0 Å². The molecular formula is C13H20I2N2Pd. The number of hydrogen-bond donors (Lipinski definition) is 0. The summed E-state index contributed by atoms with van der Waals surface area (Å²) in [4.78, 5) is 4.69. The Kier molecular flexibility index (Phi) is 9.02. The molecule has 0 spiro atoms. The average molecular weight is 565 g/mol. The molecule has 2 heterocycles. The number of halogens is 2. The van der Waals surface area contributed by atoms with Gasteiger partial charge in [-0.1, -0.05) is 6.08 Å². The second-order valence-electron chi connectivity index (χ2n) is 4.77. The molecule has 2 rings (SSSR count). The van der Waals surface area contributed by atoms with E-state index in [9.17, 15) is 0 Å². The van der Waals surface area contributed by atoms with Crippen LogP contribution in [0.2, 0.25) is 0 Å². The molecule has 1 fully saturated rings. The number of allylic oxidation sites excluding steroid dienone is 1. The molecule has 0 N–H and O–H groups in total. The first kappa shape index (κ1) is 17.4. The second kappa shape index (κ2) is 9.33. The molecule has 0 amide bonds. The molecule has 2 nitrogen and oxygen atoms in total. The Morgan fingerprint density at radius 2 is 2.11 bits per heavy atom. The third kappa shape index (κ3) is 5.39. The SMILES string of the molecule is CC(C)N1C=C[C]C([C@@H]2CCCN2C)=C1.[I][Pd][I]. The van der Waals surface area contributed by atoms with Crippen molar-refractivity contribution in [2.24, 2.45) is 0 Å². The van der Waals surface area contributed by atoms with Crippen LogP contribution in [0.5, 0.6) is 0 Å². The molecule has 0 aromatic carbocycles. The van der Waals surface area contributed by atoms with Crippen LogP contribution in [0, 0.1) is 6.42 Å². The van der Waals surface area contributed by atoms with Crippen LogP contribution in [0.3, 0.4) is 0 Å². The van der Waals surface area contributed by atoms with Crippen molar-refractivity contribution in [1.82, 2.24) is 9.80 Å². The zero-order chi connectivity index (χ0) is 13.5. The molecule has 106 valence electrons. The molecule has 1 saturated heterocycles. The molecule has 0 bridgehead atoms. The third-order valence-electron chi connectivity index (χ3n) is 3.26. The van der Waals surface area contributed by atoms with E-state index in [1.165, 1.54) is 25.0 Å². The Hall–Kier alpha value is 1.36. The first-order valence-corrected chi connectivity index (χ1v) is 15.3. The van der Waals surface area contributed by atoms with Gasteiger partial charge in [0.2, 0.25) is 0 Å². The summed E-state index contributed by atoms with van der Waals surface area (Å²) in [5.41, 5.74) is 1.34. The molecule has 2 aliphatic rings. The number of rotatable bonds is 2. The first-order chi connectivity index (χ1) is 8.60. The summed E-state index contributed by atoms with van der Waals surface area (Å²) in [6.07, 6.45) is 12.3. The number of likely N-dealkylation sites (N-methyl/N-ethyl adjacent to an activating group) is 1. The summed E-state index contributed by atoms with van der Waals surface area (Å²) in [5.74, 6) is 0. The van der Waals surface area contributed by atoms with Crippen LogP contribution in [-0.2, 0) is 10.8 Å². The van der Waals surface area contributed by atoms with Gasteiger partial charge in [0.1, 0.15) is 0 Å². The number of hydrogen-bond acceptors (Lipinski definition) is 2. The first-order valence-electron chi connectivity index (χ1n) is 6.05. The fraction of sp³-hybridized carbons (Fsp3) is 0.615. The summed E-state index contributed by atoms with van der Waals surface area (Å²) in [6, 6.07) is 1.11. The predicted octanol–water partition coefficient (Wildman–Crippen LogP) is 4.05. The van der Waals surface area contributed by atoms with Gasteiger partial charge in [-0.05, 0) is 45.9 Å². The Bertz CT molecular complexity index is 305. The van der Waals surface area contributed by atoms with Crippen LogP contribution in [0.15, 0.2) is 24.0 Å². The van der Waals surface area contributed by atoms with Crippen LogP contribution >= 0.6 is 39.0 Å². The fourth-order valence-corrected chi connectivity index (χ4v) is 2.27. The molecular weight excluding hydrogens is 544 g/mol. The van der Waals surface area contributed by atoms with Gasteiger partial charge in [-0.3, -0.25) is 4.90 Å². The van der Waals surface area contributed by atoms with E-state index in [4.69, 9.17) is 0 Å². The molecule has 0 aromatic rings. The van der Waals surface area contributed by atoms with Crippen LogP contribution in [0.1, 0.15) is 26.7 Å². The predicted molar refractivity (Wildman–Crippen MR) is 91.1 cm³/mol. The number of likely N-dealkylation sites (tertiary alicyclic amines) is 1. The van der Waals surface area contributed by atoms with Gasteiger partial charge in [-0.15, -0.1) is 0 Å². The summed E-state index contributed by atoms with van der Waals surface area (Å²) >= 11 is 4.65. The molecule has 0 aliphatic carbocycles. The van der Waals surface area contributed by atoms with E-state index in [-0.39, 0.29) is 0 Å². The number of nitrogens with zero attached hydrogens (tertiary/aromatic N) is 2. The van der Waals surface area contributed by atoms with Gasteiger partial charge in [0.05, 0.1) is 0 Å². The van der Waals surface area contributed by atoms with Crippen LogP contribution < -0.4 is 0 Å². The minimum atomic E-state index is 0.532. The molecule has 18 heavy (non-hydrogen) atoms. The fourth-order valence-electron chi connectivity index (χ4n) is 2.27. The Morgan fingerprint density at radius 3 is 2.61 bits per heavy atom. The summed E-state index contributed by atoms with van der Waals surface area (Å²) < 4.78 is 0. The van der Waals surface area contributed by atoms with Crippen LogP contribution in [-0.4, -0.2) is 35.5 Å². The molecule has 5 heteroatoms. The molecule has 1 atom stereocenters. The van der Waals surface area contributed by atoms with E-state index in [1.54, 1.807) is 0 Å². The Morgan fingerprint density at radius 1 is 1.44 bits per heavy atom. The van der Waals surface area contributed by atoms with Crippen LogP contribution in [0.25, 0.3) is 0 Å². The van der Waals surface area contributed by atoms with Crippen molar-refractivity contribution in [2.45, 2.75) is 38.8 Å². The van der Waals surface area contributed by atoms with Gasteiger partial charge in [-0.25, -0.2) is 0 Å². The maximum atomic E-state index is 3.37. The van der Waals surface area contributed by atoms with Crippen molar-refractivity contribution in [2.75, 3.05) is 13.6 Å². The van der Waals surface area contributed by atoms with E-state index in [2.05, 4.69) is 88.5 Å². The molecule has 0 aromatic heterocycles. The van der Waals surface area contributed by atoms with E-state index in [0.717, 1.165) is 10.8 Å². The second-order valence-corrected chi connectivity index (χ2v) is 16.8. The van der Waals surface area contributed by atoms with E-state index in [0.29, 0.717) is 12.1 Å². The molecule has 0 saturated carbocycles. The zero-order valence-corrected chi connectivity index (χ0v) is 16.8. The van der Waals surface area contributed by atoms with Crippen molar-refractivity contribution >= 4 is 39.0 Å². The topological polar surface area (TPSA) is 6.48 Å². The normalized spacial score (nSPS) is 24.2. The van der Waals surface area contributed by atoms with Crippen molar-refractivity contribution < 1.29 is 10.8 Å². The van der Waals surface area contributed by atoms with Crippen molar-refractivity contribution in [1.29, 1.82) is 0 Å². The van der Waals surface area contributed by atoms with Gasteiger partial charge < -0.3 is 4.90 Å². The third-order valence-corrected chi connectivity index (χ3v) is 3.26. The zero-order valence-electron chi connectivity index (χ0n) is 11.0. The van der Waals surface area contributed by atoms with E-state index < -0.39 is 0 Å². The van der Waals surface area contributed by atoms with Crippen molar-refractivity contribution in [3.05, 3.63) is 30.5 Å². The minimum absolute atomic E-state index is 0.532. The maximum absolute atomic E-state index is 3.37. The van der Waals surface area contributed by atoms with Crippen LogP contribution in [0.4, 0.5) is 0 Å². The summed E-state index contributed by atoms with van der Waals surface area (Å²) in [6.45, 7) is 5.64. The molecule has 2 radical (unpaired) electrons. The average Bonchev–Trinajstić information content (AvgIpc) is 2.77. The summed E-state index contributed by atoms with van der Waals surface area (Å²) in [5, 5.41) is 0. The molecule has 0 unspecified atom stereocenters. The van der Waals surface area contributed by atoms with E-state index in [1.807, 2.05) is 6.08 Å². The Balaban J connectivity index is 0.000000492. The molecule has 2 aliphatic heterocycles. The van der Waals surface area contributed by atoms with Gasteiger partial charge in [0, 0.05) is 30.9 Å². The van der Waals surface area contributed by atoms with Crippen molar-refractivity contribution in [3.63, 3.8) is 0 Å². The van der Waals surface area contributed by atoms with Crippen molar-refractivity contribution in [3.8, 4) is 0 Å². The quantitative estimate of drug-likeness (QED) is 0.369. The van der Waals surface area contributed by atoms with Gasteiger partial charge in [0.25, 0.3) is 0 Å². The van der Waals surface area contributed by atoms with Gasteiger partial charge in [0.15, 0.2) is 0 Å². The summed E-state index contributed by atoms with van der Waals surface area (Å²) in [7, 11) is 3.10. The van der Waals surface area contributed by atoms with Gasteiger partial charge >= 0.3 is 49.8 Å².